The second-order valence-corrected chi connectivity index (χ2v) is 9.93. The molecule has 7 nitrogen and oxygen atoms in total. The van der Waals surface area contributed by atoms with E-state index in [-0.39, 0.29) is 0 Å². The smallest absolute Gasteiger partial charge is 0.178 e. The number of H-pyrrole nitrogens is 2. The van der Waals surface area contributed by atoms with E-state index in [9.17, 15) is 0 Å². The van der Waals surface area contributed by atoms with Crippen LogP contribution < -0.4 is 5.32 Å². The van der Waals surface area contributed by atoms with E-state index in [2.05, 4.69) is 61.5 Å². The van der Waals surface area contributed by atoms with Gasteiger partial charge in [0.2, 0.25) is 0 Å². The van der Waals surface area contributed by atoms with Crippen LogP contribution in [0.3, 0.4) is 0 Å². The highest BCUT2D eigenvalue weighted by Crippen LogP contribution is 2.33. The maximum absolute atomic E-state index is 4.98. The monoisotopic (exact) mass is 505 g/mol. The Hall–Kier alpha value is -4.30. The Kier molecular flexibility index (Phi) is 6.02. The highest BCUT2D eigenvalue weighted by atomic mass is 32.1. The minimum absolute atomic E-state index is 0.541. The third kappa shape index (κ3) is 4.29. The van der Waals surface area contributed by atoms with Crippen LogP contribution in [0, 0.1) is 5.92 Å². The molecule has 3 N–H and O–H groups in total. The van der Waals surface area contributed by atoms with Gasteiger partial charge < -0.3 is 10.3 Å². The van der Waals surface area contributed by atoms with Crippen molar-refractivity contribution in [2.24, 2.45) is 5.92 Å². The van der Waals surface area contributed by atoms with Crippen molar-refractivity contribution >= 4 is 39.1 Å². The van der Waals surface area contributed by atoms with Gasteiger partial charge >= 0.3 is 0 Å². The van der Waals surface area contributed by atoms with E-state index < -0.39 is 0 Å². The molecule has 0 radical (unpaired) electrons. The number of allylic oxidation sites excluding steroid dienone is 5. The summed E-state index contributed by atoms with van der Waals surface area (Å²) in [5.74, 6) is 1.17. The van der Waals surface area contributed by atoms with Crippen molar-refractivity contribution in [1.82, 2.24) is 35.5 Å². The van der Waals surface area contributed by atoms with E-state index in [1.807, 2.05) is 37.3 Å². The molecule has 1 fully saturated rings. The summed E-state index contributed by atoms with van der Waals surface area (Å²) in [5, 5.41) is 15.3. The Morgan fingerprint density at radius 1 is 1.19 bits per heavy atom. The highest BCUT2D eigenvalue weighted by molar-refractivity contribution is 7.08. The van der Waals surface area contributed by atoms with Crippen molar-refractivity contribution in [3.8, 4) is 22.6 Å². The minimum atomic E-state index is 0.541. The largest absolute Gasteiger partial charge is 0.359 e. The molecule has 6 rings (SSSR count). The lowest BCUT2D eigenvalue weighted by Crippen LogP contribution is -2.23. The first kappa shape index (κ1) is 23.1. The summed E-state index contributed by atoms with van der Waals surface area (Å²) in [6, 6.07) is 8.09. The predicted molar refractivity (Wildman–Crippen MR) is 152 cm³/mol. The molecule has 5 heterocycles. The maximum Gasteiger partial charge on any atom is 0.178 e. The number of fused-ring (bicyclic) bond motifs is 2. The van der Waals surface area contributed by atoms with Gasteiger partial charge in [0.15, 0.2) is 17.2 Å². The van der Waals surface area contributed by atoms with Gasteiger partial charge in [-0.3, -0.25) is 5.10 Å². The SMILES string of the molecule is C=C/C(=C\C(=C/C)c1ccc2[nH]nc(-c3nc4nccc(-c5ccsc5)c4[nH]3)c2n1)NC(=C)C1CCC1. The molecule has 0 aromatic carbocycles. The van der Waals surface area contributed by atoms with Crippen molar-refractivity contribution in [2.45, 2.75) is 26.2 Å². The van der Waals surface area contributed by atoms with E-state index >= 15 is 0 Å². The third-order valence-electron chi connectivity index (χ3n) is 6.90. The van der Waals surface area contributed by atoms with Crippen LogP contribution in [0.15, 0.2) is 84.0 Å². The molecule has 0 spiro atoms. The Balaban J connectivity index is 1.37. The van der Waals surface area contributed by atoms with Gasteiger partial charge in [0.05, 0.1) is 16.7 Å². The fraction of sp³-hybridized carbons (Fsp3) is 0.172. The van der Waals surface area contributed by atoms with E-state index in [4.69, 9.17) is 9.97 Å². The number of aromatic amines is 2. The van der Waals surface area contributed by atoms with E-state index in [1.54, 1.807) is 17.5 Å². The quantitative estimate of drug-likeness (QED) is 0.197. The van der Waals surface area contributed by atoms with E-state index in [0.717, 1.165) is 50.3 Å². The maximum atomic E-state index is 4.98. The van der Waals surface area contributed by atoms with Gasteiger partial charge in [-0.15, -0.1) is 0 Å². The fourth-order valence-electron chi connectivity index (χ4n) is 4.57. The topological polar surface area (TPSA) is 95.2 Å². The molecular formula is C29H27N7S. The number of nitrogens with zero attached hydrogens (tertiary/aromatic N) is 4. The molecule has 1 aliphatic carbocycles. The zero-order chi connectivity index (χ0) is 25.4. The Labute approximate surface area is 218 Å². The zero-order valence-corrected chi connectivity index (χ0v) is 21.4. The Morgan fingerprint density at radius 2 is 2.08 bits per heavy atom. The molecular weight excluding hydrogens is 478 g/mol. The van der Waals surface area contributed by atoms with Crippen molar-refractivity contribution < 1.29 is 0 Å². The van der Waals surface area contributed by atoms with Gasteiger partial charge in [-0.05, 0) is 84.0 Å². The Bertz CT molecular complexity index is 1680. The molecule has 184 valence electrons. The number of rotatable bonds is 8. The lowest BCUT2D eigenvalue weighted by molar-refractivity contribution is 0.356. The molecule has 5 aromatic heterocycles. The van der Waals surface area contributed by atoms with Crippen molar-refractivity contribution in [3.05, 3.63) is 89.7 Å². The van der Waals surface area contributed by atoms with Gasteiger partial charge in [-0.25, -0.2) is 15.0 Å². The standard InChI is InChI=1S/C29H27N7S/c1-4-18(15-21(5-2)31-17(3)19-7-6-8-19)23-9-10-24-26(32-23)27(36-35-24)29-33-25-22(20-12-14-37-16-20)11-13-30-28(25)34-29/h4-5,9-16,19,31H,2-3,6-8H2,1H3,(H,35,36)(H,30,33,34)/b18-4+,21-15+. The van der Waals surface area contributed by atoms with Crippen LogP contribution in [0.1, 0.15) is 31.9 Å². The summed E-state index contributed by atoms with van der Waals surface area (Å²) in [7, 11) is 0. The summed E-state index contributed by atoms with van der Waals surface area (Å²) in [6.07, 6.45) is 11.4. The molecule has 5 aromatic rings. The van der Waals surface area contributed by atoms with E-state index in [1.165, 1.54) is 19.3 Å². The molecule has 0 unspecified atom stereocenters. The van der Waals surface area contributed by atoms with Crippen LogP contribution in [0.25, 0.3) is 50.4 Å². The zero-order valence-electron chi connectivity index (χ0n) is 20.6. The first-order chi connectivity index (χ1) is 18.1. The number of pyridine rings is 2. The van der Waals surface area contributed by atoms with Crippen LogP contribution in [-0.2, 0) is 0 Å². The first-order valence-electron chi connectivity index (χ1n) is 12.3. The van der Waals surface area contributed by atoms with Gasteiger partial charge in [0, 0.05) is 23.2 Å². The summed E-state index contributed by atoms with van der Waals surface area (Å²) in [6.45, 7) is 10.2. The number of thiophene rings is 1. The second-order valence-electron chi connectivity index (χ2n) is 9.15. The van der Waals surface area contributed by atoms with Gasteiger partial charge in [0.1, 0.15) is 5.52 Å². The van der Waals surface area contributed by atoms with Crippen LogP contribution in [0.4, 0.5) is 0 Å². The predicted octanol–water partition coefficient (Wildman–Crippen LogP) is 7.00. The summed E-state index contributed by atoms with van der Waals surface area (Å²) >= 11 is 1.66. The molecule has 0 amide bonds. The van der Waals surface area contributed by atoms with Crippen LogP contribution >= 0.6 is 11.3 Å². The van der Waals surface area contributed by atoms with E-state index in [0.29, 0.717) is 23.1 Å². The number of aromatic nitrogens is 6. The van der Waals surface area contributed by atoms with Crippen molar-refractivity contribution in [2.75, 3.05) is 0 Å². The summed E-state index contributed by atoms with van der Waals surface area (Å²) < 4.78 is 0. The number of imidazole rings is 1. The average Bonchev–Trinajstić information content (AvgIpc) is 3.64. The second kappa shape index (κ2) is 9.63. The number of hydrogen-bond acceptors (Lipinski definition) is 6. The first-order valence-corrected chi connectivity index (χ1v) is 13.3. The molecule has 0 bridgehead atoms. The summed E-state index contributed by atoms with van der Waals surface area (Å²) in [4.78, 5) is 17.6. The molecule has 0 aliphatic heterocycles. The molecule has 1 aliphatic rings. The van der Waals surface area contributed by atoms with Crippen LogP contribution in [-0.4, -0.2) is 30.1 Å². The molecule has 1 saturated carbocycles. The minimum Gasteiger partial charge on any atom is -0.359 e. The average molecular weight is 506 g/mol. The highest BCUT2D eigenvalue weighted by Gasteiger charge is 2.21. The number of nitrogens with one attached hydrogen (secondary N) is 3. The van der Waals surface area contributed by atoms with Crippen molar-refractivity contribution in [1.29, 1.82) is 0 Å². The van der Waals surface area contributed by atoms with Gasteiger partial charge in [-0.1, -0.05) is 25.7 Å². The van der Waals surface area contributed by atoms with Crippen LogP contribution in [0.2, 0.25) is 0 Å². The third-order valence-corrected chi connectivity index (χ3v) is 7.58. The van der Waals surface area contributed by atoms with Crippen molar-refractivity contribution in [3.63, 3.8) is 0 Å². The summed E-state index contributed by atoms with van der Waals surface area (Å²) in [5.41, 5.74) is 9.74. The van der Waals surface area contributed by atoms with Crippen LogP contribution in [0.5, 0.6) is 0 Å². The van der Waals surface area contributed by atoms with Gasteiger partial charge in [-0.2, -0.15) is 16.4 Å². The molecule has 0 saturated heterocycles. The lowest BCUT2D eigenvalue weighted by Gasteiger charge is -2.28. The lowest BCUT2D eigenvalue weighted by atomic mass is 9.83. The molecule has 8 heteroatoms. The molecule has 0 atom stereocenters. The normalized spacial score (nSPS) is 14.7. The molecule has 37 heavy (non-hydrogen) atoms. The fourth-order valence-corrected chi connectivity index (χ4v) is 5.23. The van der Waals surface area contributed by atoms with Gasteiger partial charge in [0.25, 0.3) is 0 Å². The number of hydrogen-bond donors (Lipinski definition) is 3. The Morgan fingerprint density at radius 3 is 2.81 bits per heavy atom.